The summed E-state index contributed by atoms with van der Waals surface area (Å²) in [6.45, 7) is 4.72. The van der Waals surface area contributed by atoms with Crippen molar-refractivity contribution in [3.8, 4) is 0 Å². The average molecular weight is 238 g/mol. The lowest BCUT2D eigenvalue weighted by Crippen LogP contribution is -2.42. The van der Waals surface area contributed by atoms with Crippen molar-refractivity contribution in [1.82, 2.24) is 4.72 Å². The van der Waals surface area contributed by atoms with Gasteiger partial charge < -0.3 is 10.8 Å². The minimum Gasteiger partial charge on any atom is -0.480 e. The minimum atomic E-state index is -3.42. The summed E-state index contributed by atoms with van der Waals surface area (Å²) in [4.78, 5) is 10.3. The van der Waals surface area contributed by atoms with Gasteiger partial charge in [-0.15, -0.1) is 0 Å². The topological polar surface area (TPSA) is 109 Å². The van der Waals surface area contributed by atoms with Gasteiger partial charge in [0.25, 0.3) is 0 Å². The van der Waals surface area contributed by atoms with Crippen molar-refractivity contribution in [3.05, 3.63) is 0 Å². The smallest absolute Gasteiger partial charge is 0.320 e. The Morgan fingerprint density at radius 3 is 2.27 bits per heavy atom. The Balaban J connectivity index is 4.14. The Bertz CT molecular complexity index is 318. The van der Waals surface area contributed by atoms with Gasteiger partial charge in [-0.3, -0.25) is 4.79 Å². The second-order valence-corrected chi connectivity index (χ2v) is 6.76. The minimum absolute atomic E-state index is 0.0348. The zero-order valence-corrected chi connectivity index (χ0v) is 9.97. The molecule has 0 spiro atoms. The number of carboxylic acid groups (broad SMARTS) is 1. The highest BCUT2D eigenvalue weighted by molar-refractivity contribution is 7.90. The van der Waals surface area contributed by atoms with Crippen LogP contribution in [0.15, 0.2) is 0 Å². The molecule has 7 heteroatoms. The third-order valence-corrected chi connectivity index (χ3v) is 4.07. The zero-order valence-electron chi connectivity index (χ0n) is 9.15. The third kappa shape index (κ3) is 4.59. The van der Waals surface area contributed by atoms with Crippen molar-refractivity contribution in [3.63, 3.8) is 0 Å². The average Bonchev–Trinajstić information content (AvgIpc) is 2.01. The molecule has 0 aromatic heterocycles. The second kappa shape index (κ2) is 4.91. The molecule has 0 fully saturated rings. The van der Waals surface area contributed by atoms with Crippen LogP contribution in [0.3, 0.4) is 0 Å². The van der Waals surface area contributed by atoms with Crippen LogP contribution >= 0.6 is 0 Å². The lowest BCUT2D eigenvalue weighted by molar-refractivity contribution is -0.138. The van der Waals surface area contributed by atoms with Gasteiger partial charge in [0, 0.05) is 6.54 Å². The van der Waals surface area contributed by atoms with E-state index in [4.69, 9.17) is 10.8 Å². The van der Waals surface area contributed by atoms with Crippen LogP contribution < -0.4 is 10.5 Å². The summed E-state index contributed by atoms with van der Waals surface area (Å²) < 4.78 is 24.4. The molecule has 0 amide bonds. The highest BCUT2D eigenvalue weighted by Gasteiger charge is 2.28. The van der Waals surface area contributed by atoms with Crippen molar-refractivity contribution >= 4 is 16.0 Å². The number of nitrogens with two attached hydrogens (primary N) is 1. The van der Waals surface area contributed by atoms with Crippen molar-refractivity contribution < 1.29 is 18.3 Å². The maximum Gasteiger partial charge on any atom is 0.320 e. The van der Waals surface area contributed by atoms with E-state index >= 15 is 0 Å². The molecule has 0 rings (SSSR count). The number of carboxylic acids is 1. The van der Waals surface area contributed by atoms with Crippen LogP contribution in [0, 0.1) is 0 Å². The van der Waals surface area contributed by atoms with Crippen molar-refractivity contribution in [1.29, 1.82) is 0 Å². The van der Waals surface area contributed by atoms with Gasteiger partial charge in [0.05, 0.1) is 4.75 Å². The molecule has 0 saturated carbocycles. The van der Waals surface area contributed by atoms with Crippen LogP contribution in [0.2, 0.25) is 0 Å². The van der Waals surface area contributed by atoms with E-state index in [1.165, 1.54) is 0 Å². The fourth-order valence-electron chi connectivity index (χ4n) is 0.689. The molecule has 0 aliphatic rings. The van der Waals surface area contributed by atoms with Gasteiger partial charge in [-0.2, -0.15) is 0 Å². The zero-order chi connectivity index (χ0) is 12.3. The lowest BCUT2D eigenvalue weighted by Gasteiger charge is -2.20. The quantitative estimate of drug-likeness (QED) is 0.598. The molecule has 0 saturated heterocycles. The van der Waals surface area contributed by atoms with Crippen LogP contribution in [-0.2, 0) is 14.8 Å². The van der Waals surface area contributed by atoms with Crippen LogP contribution in [0.25, 0.3) is 0 Å². The van der Waals surface area contributed by atoms with Crippen molar-refractivity contribution in [2.24, 2.45) is 5.73 Å². The number of rotatable bonds is 5. The Morgan fingerprint density at radius 2 is 1.93 bits per heavy atom. The normalized spacial score (nSPS) is 14.9. The first kappa shape index (κ1) is 14.3. The maximum absolute atomic E-state index is 11.5. The molecular formula is C8H18N2O4S. The molecule has 4 N–H and O–H groups in total. The molecule has 90 valence electrons. The fourth-order valence-corrected chi connectivity index (χ4v) is 1.51. The molecule has 0 bridgehead atoms. The van der Waals surface area contributed by atoms with E-state index in [9.17, 15) is 13.2 Å². The van der Waals surface area contributed by atoms with E-state index in [2.05, 4.69) is 4.72 Å². The second-order valence-electron chi connectivity index (χ2n) is 4.24. The molecule has 0 unspecified atom stereocenters. The number of sulfonamides is 1. The van der Waals surface area contributed by atoms with Crippen LogP contribution in [0.4, 0.5) is 0 Å². The van der Waals surface area contributed by atoms with Gasteiger partial charge in [-0.1, -0.05) is 0 Å². The summed E-state index contributed by atoms with van der Waals surface area (Å²) in [5, 5.41) is 8.47. The predicted octanol–water partition coefficient (Wildman–Crippen LogP) is -0.494. The Labute approximate surface area is 89.9 Å². The fraction of sp³-hybridized carbons (Fsp3) is 0.875. The molecule has 15 heavy (non-hydrogen) atoms. The van der Waals surface area contributed by atoms with Gasteiger partial charge in [-0.25, -0.2) is 13.1 Å². The monoisotopic (exact) mass is 238 g/mol. The summed E-state index contributed by atoms with van der Waals surface area (Å²) in [5.74, 6) is -1.13. The number of carbonyl (C=O) groups is 1. The van der Waals surface area contributed by atoms with E-state index in [-0.39, 0.29) is 13.0 Å². The SMILES string of the molecule is CC(C)(C)S(=O)(=O)NCC[C@H](N)C(=O)O. The molecule has 0 aliphatic heterocycles. The van der Waals surface area contributed by atoms with Crippen molar-refractivity contribution in [2.75, 3.05) is 6.54 Å². The first-order valence-electron chi connectivity index (χ1n) is 4.55. The summed E-state index contributed by atoms with van der Waals surface area (Å²) in [6.07, 6.45) is 0.0741. The van der Waals surface area contributed by atoms with E-state index in [0.717, 1.165) is 0 Å². The molecule has 0 heterocycles. The summed E-state index contributed by atoms with van der Waals surface area (Å²) in [5.41, 5.74) is 5.22. The molecule has 0 radical (unpaired) electrons. The summed E-state index contributed by atoms with van der Waals surface area (Å²) in [7, 11) is -3.42. The molecule has 0 aromatic rings. The highest BCUT2D eigenvalue weighted by Crippen LogP contribution is 2.12. The first-order chi connectivity index (χ1) is 6.58. The largest absolute Gasteiger partial charge is 0.480 e. The van der Waals surface area contributed by atoms with Gasteiger partial charge in [0.1, 0.15) is 6.04 Å². The standard InChI is InChI=1S/C8H18N2O4S/c1-8(2,3)15(13,14)10-5-4-6(9)7(11)12/h6,10H,4-5,9H2,1-3H3,(H,11,12)/t6-/m0/s1. The number of hydrogen-bond donors (Lipinski definition) is 3. The van der Waals surface area contributed by atoms with Gasteiger partial charge in [0.15, 0.2) is 0 Å². The highest BCUT2D eigenvalue weighted by atomic mass is 32.2. The summed E-state index contributed by atoms with van der Waals surface area (Å²) >= 11 is 0. The molecule has 0 aliphatic carbocycles. The lowest BCUT2D eigenvalue weighted by atomic mass is 10.2. The van der Waals surface area contributed by atoms with E-state index in [0.29, 0.717) is 0 Å². The Kier molecular flexibility index (Phi) is 4.69. The van der Waals surface area contributed by atoms with Crippen LogP contribution in [0.5, 0.6) is 0 Å². The Hall–Kier alpha value is -0.660. The first-order valence-corrected chi connectivity index (χ1v) is 6.04. The maximum atomic E-state index is 11.5. The van der Waals surface area contributed by atoms with Gasteiger partial charge in [0.2, 0.25) is 10.0 Å². The number of nitrogens with one attached hydrogen (secondary N) is 1. The van der Waals surface area contributed by atoms with E-state index in [1.54, 1.807) is 20.8 Å². The third-order valence-electron chi connectivity index (χ3n) is 1.87. The summed E-state index contributed by atoms with van der Waals surface area (Å²) in [6, 6.07) is -1.03. The van der Waals surface area contributed by atoms with Gasteiger partial charge in [-0.05, 0) is 27.2 Å². The van der Waals surface area contributed by atoms with Crippen LogP contribution in [0.1, 0.15) is 27.2 Å². The Morgan fingerprint density at radius 1 is 1.47 bits per heavy atom. The number of aliphatic carboxylic acids is 1. The van der Waals surface area contributed by atoms with Crippen molar-refractivity contribution in [2.45, 2.75) is 38.0 Å². The number of hydrogen-bond acceptors (Lipinski definition) is 4. The van der Waals surface area contributed by atoms with Crippen LogP contribution in [-0.4, -0.2) is 36.8 Å². The van der Waals surface area contributed by atoms with E-state index < -0.39 is 26.8 Å². The molecule has 0 aromatic carbocycles. The molecule has 6 nitrogen and oxygen atoms in total. The van der Waals surface area contributed by atoms with Gasteiger partial charge >= 0.3 is 5.97 Å². The predicted molar refractivity (Wildman–Crippen MR) is 56.9 cm³/mol. The van der Waals surface area contributed by atoms with E-state index in [1.807, 2.05) is 0 Å². The molecular weight excluding hydrogens is 220 g/mol. The molecule has 1 atom stereocenters.